The number of ether oxygens (including phenoxy) is 2. The zero-order valence-corrected chi connectivity index (χ0v) is 19.0. The van der Waals surface area contributed by atoms with E-state index in [0.29, 0.717) is 24.8 Å². The SMILES string of the molecule is COc1ccccc1C1(C(=O)N2CCN(c3cc(Oc4ccccc4)nc(C)n3)CC2)CC1. The van der Waals surface area contributed by atoms with Gasteiger partial charge in [0.05, 0.1) is 12.5 Å². The molecule has 0 unspecified atom stereocenters. The highest BCUT2D eigenvalue weighted by Crippen LogP contribution is 2.52. The van der Waals surface area contributed by atoms with Crippen molar-refractivity contribution >= 4 is 11.7 Å². The van der Waals surface area contributed by atoms with Crippen molar-refractivity contribution in [3.63, 3.8) is 0 Å². The van der Waals surface area contributed by atoms with Crippen molar-refractivity contribution in [1.82, 2.24) is 14.9 Å². The second-order valence-electron chi connectivity index (χ2n) is 8.59. The summed E-state index contributed by atoms with van der Waals surface area (Å²) in [6.45, 7) is 4.62. The van der Waals surface area contributed by atoms with Gasteiger partial charge in [-0.05, 0) is 38.0 Å². The number of hydrogen-bond donors (Lipinski definition) is 0. The summed E-state index contributed by atoms with van der Waals surface area (Å²) >= 11 is 0. The second-order valence-corrected chi connectivity index (χ2v) is 8.59. The van der Waals surface area contributed by atoms with Gasteiger partial charge in [-0.2, -0.15) is 4.98 Å². The van der Waals surface area contributed by atoms with E-state index < -0.39 is 5.41 Å². The molecule has 1 amide bonds. The number of carbonyl (C=O) groups is 1. The lowest BCUT2D eigenvalue weighted by Gasteiger charge is -2.37. The Balaban J connectivity index is 1.27. The van der Waals surface area contributed by atoms with Gasteiger partial charge in [-0.25, -0.2) is 4.98 Å². The minimum atomic E-state index is -0.434. The summed E-state index contributed by atoms with van der Waals surface area (Å²) in [7, 11) is 1.66. The summed E-state index contributed by atoms with van der Waals surface area (Å²) in [6.07, 6.45) is 1.75. The predicted molar refractivity (Wildman–Crippen MR) is 126 cm³/mol. The molecule has 0 radical (unpaired) electrons. The van der Waals surface area contributed by atoms with Gasteiger partial charge in [0.15, 0.2) is 0 Å². The molecule has 0 N–H and O–H groups in total. The van der Waals surface area contributed by atoms with Crippen molar-refractivity contribution in [3.8, 4) is 17.4 Å². The number of aromatic nitrogens is 2. The van der Waals surface area contributed by atoms with Crippen LogP contribution in [-0.4, -0.2) is 54.1 Å². The topological polar surface area (TPSA) is 67.8 Å². The Labute approximate surface area is 194 Å². The Morgan fingerprint density at radius 2 is 1.64 bits per heavy atom. The van der Waals surface area contributed by atoms with Crippen LogP contribution in [0.15, 0.2) is 60.7 Å². The van der Waals surface area contributed by atoms with Crippen LogP contribution in [0.5, 0.6) is 17.4 Å². The maximum Gasteiger partial charge on any atom is 0.233 e. The van der Waals surface area contributed by atoms with Crippen LogP contribution < -0.4 is 14.4 Å². The van der Waals surface area contributed by atoms with Crippen molar-refractivity contribution in [2.75, 3.05) is 38.2 Å². The first-order valence-electron chi connectivity index (χ1n) is 11.4. The van der Waals surface area contributed by atoms with E-state index in [0.717, 1.165) is 48.8 Å². The molecule has 1 saturated heterocycles. The fraction of sp³-hybridized carbons (Fsp3) is 0.346. The maximum atomic E-state index is 13.5. The van der Waals surface area contributed by atoms with Crippen LogP contribution in [0.3, 0.4) is 0 Å². The largest absolute Gasteiger partial charge is 0.496 e. The van der Waals surface area contributed by atoms with Crippen molar-refractivity contribution in [2.24, 2.45) is 0 Å². The number of anilines is 1. The molecule has 1 aromatic heterocycles. The number of para-hydroxylation sites is 2. The number of benzene rings is 2. The quantitative estimate of drug-likeness (QED) is 0.573. The highest BCUT2D eigenvalue weighted by atomic mass is 16.5. The third-order valence-electron chi connectivity index (χ3n) is 6.44. The van der Waals surface area contributed by atoms with Crippen LogP contribution in [-0.2, 0) is 10.2 Å². The molecule has 2 fully saturated rings. The van der Waals surface area contributed by atoms with Gasteiger partial charge < -0.3 is 19.3 Å². The van der Waals surface area contributed by atoms with Gasteiger partial charge in [0.1, 0.15) is 23.1 Å². The monoisotopic (exact) mass is 444 g/mol. The molecule has 170 valence electrons. The van der Waals surface area contributed by atoms with Crippen LogP contribution in [0.25, 0.3) is 0 Å². The van der Waals surface area contributed by atoms with E-state index in [4.69, 9.17) is 9.47 Å². The van der Waals surface area contributed by atoms with E-state index in [-0.39, 0.29) is 5.91 Å². The van der Waals surface area contributed by atoms with Gasteiger partial charge in [-0.15, -0.1) is 0 Å². The number of methoxy groups -OCH3 is 1. The Hall–Kier alpha value is -3.61. The molecule has 2 heterocycles. The van der Waals surface area contributed by atoms with E-state index >= 15 is 0 Å². The van der Waals surface area contributed by atoms with Gasteiger partial charge in [-0.3, -0.25) is 4.79 Å². The van der Waals surface area contributed by atoms with E-state index in [2.05, 4.69) is 14.9 Å². The molecule has 1 saturated carbocycles. The number of aryl methyl sites for hydroxylation is 1. The van der Waals surface area contributed by atoms with Gasteiger partial charge >= 0.3 is 0 Å². The number of rotatable bonds is 6. The first-order chi connectivity index (χ1) is 16.1. The van der Waals surface area contributed by atoms with Gasteiger partial charge in [-0.1, -0.05) is 36.4 Å². The standard InChI is InChI=1S/C26H28N4O3/c1-19-27-23(18-24(28-19)33-20-8-4-3-5-9-20)29-14-16-30(17-15-29)25(31)26(12-13-26)21-10-6-7-11-22(21)32-2/h3-11,18H,12-17H2,1-2H3. The lowest BCUT2D eigenvalue weighted by atomic mass is 9.93. The summed E-state index contributed by atoms with van der Waals surface area (Å²) in [4.78, 5) is 26.7. The van der Waals surface area contributed by atoms with Gasteiger partial charge in [0.25, 0.3) is 0 Å². The number of piperazine rings is 1. The molecule has 1 aliphatic carbocycles. The van der Waals surface area contributed by atoms with E-state index in [9.17, 15) is 4.79 Å². The van der Waals surface area contributed by atoms with Gasteiger partial charge in [0.2, 0.25) is 11.8 Å². The zero-order valence-electron chi connectivity index (χ0n) is 19.0. The molecule has 7 heteroatoms. The number of amides is 1. The Morgan fingerprint density at radius 3 is 2.33 bits per heavy atom. The second kappa shape index (κ2) is 8.73. The van der Waals surface area contributed by atoms with E-state index in [1.807, 2.05) is 72.5 Å². The average Bonchev–Trinajstić information content (AvgIpc) is 3.66. The number of carbonyl (C=O) groups excluding carboxylic acids is 1. The van der Waals surface area contributed by atoms with E-state index in [1.54, 1.807) is 7.11 Å². The summed E-state index contributed by atoms with van der Waals surface area (Å²) in [5.41, 5.74) is 0.575. The van der Waals surface area contributed by atoms with Crippen LogP contribution in [0, 0.1) is 6.92 Å². The molecule has 3 aromatic rings. The molecule has 7 nitrogen and oxygen atoms in total. The number of nitrogens with zero attached hydrogens (tertiary/aromatic N) is 4. The fourth-order valence-electron chi connectivity index (χ4n) is 4.55. The Morgan fingerprint density at radius 1 is 0.939 bits per heavy atom. The average molecular weight is 445 g/mol. The lowest BCUT2D eigenvalue weighted by molar-refractivity contribution is -0.134. The first-order valence-corrected chi connectivity index (χ1v) is 11.4. The van der Waals surface area contributed by atoms with Crippen molar-refractivity contribution < 1.29 is 14.3 Å². The molecule has 0 spiro atoms. The smallest absolute Gasteiger partial charge is 0.233 e. The predicted octanol–water partition coefficient (Wildman–Crippen LogP) is 3.97. The molecular weight excluding hydrogens is 416 g/mol. The molecule has 0 bridgehead atoms. The minimum absolute atomic E-state index is 0.207. The zero-order chi connectivity index (χ0) is 22.8. The lowest BCUT2D eigenvalue weighted by Crippen LogP contribution is -2.51. The van der Waals surface area contributed by atoms with Crippen molar-refractivity contribution in [1.29, 1.82) is 0 Å². The third-order valence-corrected chi connectivity index (χ3v) is 6.44. The normalized spacial score (nSPS) is 16.9. The van der Waals surface area contributed by atoms with Crippen molar-refractivity contribution in [2.45, 2.75) is 25.2 Å². The van der Waals surface area contributed by atoms with Crippen LogP contribution in [0.4, 0.5) is 5.82 Å². The van der Waals surface area contributed by atoms with Crippen LogP contribution in [0.2, 0.25) is 0 Å². The molecule has 1 aliphatic heterocycles. The molecule has 5 rings (SSSR count). The van der Waals surface area contributed by atoms with Crippen LogP contribution >= 0.6 is 0 Å². The van der Waals surface area contributed by atoms with Gasteiger partial charge in [0, 0.05) is 37.8 Å². The molecule has 2 aliphatic rings. The molecule has 33 heavy (non-hydrogen) atoms. The minimum Gasteiger partial charge on any atom is -0.496 e. The maximum absolute atomic E-state index is 13.5. The van der Waals surface area contributed by atoms with Crippen molar-refractivity contribution in [3.05, 3.63) is 72.1 Å². The van der Waals surface area contributed by atoms with E-state index in [1.165, 1.54) is 0 Å². The highest BCUT2D eigenvalue weighted by molar-refractivity contribution is 5.92. The summed E-state index contributed by atoms with van der Waals surface area (Å²) in [5.74, 6) is 3.75. The third kappa shape index (κ3) is 4.23. The summed E-state index contributed by atoms with van der Waals surface area (Å²) < 4.78 is 11.5. The molecular formula is C26H28N4O3. The first kappa shape index (κ1) is 21.2. The van der Waals surface area contributed by atoms with Crippen LogP contribution in [0.1, 0.15) is 24.2 Å². The Kier molecular flexibility index (Phi) is 5.62. The molecule has 0 atom stereocenters. The summed E-state index contributed by atoms with van der Waals surface area (Å²) in [6, 6.07) is 19.4. The highest BCUT2D eigenvalue weighted by Gasteiger charge is 2.54. The molecule has 2 aromatic carbocycles. The fourth-order valence-corrected chi connectivity index (χ4v) is 4.55. The summed E-state index contributed by atoms with van der Waals surface area (Å²) in [5, 5.41) is 0. The number of hydrogen-bond acceptors (Lipinski definition) is 6. The Bertz CT molecular complexity index is 1140.